The second-order valence-electron chi connectivity index (χ2n) is 3.72. The van der Waals surface area contributed by atoms with E-state index < -0.39 is 0 Å². The normalized spacial score (nSPS) is 11.1. The Labute approximate surface area is 84.0 Å². The number of hydrogen-bond acceptors (Lipinski definition) is 2. The van der Waals surface area contributed by atoms with E-state index >= 15 is 0 Å². The van der Waals surface area contributed by atoms with E-state index in [0.717, 1.165) is 11.0 Å². The van der Waals surface area contributed by atoms with Crippen molar-refractivity contribution in [2.75, 3.05) is 0 Å². The highest BCUT2D eigenvalue weighted by Gasteiger charge is 2.00. The zero-order valence-corrected chi connectivity index (χ0v) is 8.44. The monoisotopic (exact) mass is 185 g/mol. The largest absolute Gasteiger partial charge is 0.253 e. The summed E-state index contributed by atoms with van der Waals surface area (Å²) in [6, 6.07) is 6.16. The van der Waals surface area contributed by atoms with E-state index in [-0.39, 0.29) is 0 Å². The average Bonchev–Trinajstić information content (AvgIpc) is 2.17. The number of nitrogens with zero attached hydrogens (tertiary/aromatic N) is 2. The SMILES string of the molecule is CC(C)[CH]c1ccc2nccnc2c1. The summed E-state index contributed by atoms with van der Waals surface area (Å²) in [7, 11) is 0. The van der Waals surface area contributed by atoms with Crippen molar-refractivity contribution in [1.29, 1.82) is 0 Å². The second kappa shape index (κ2) is 3.74. The fourth-order valence-electron chi connectivity index (χ4n) is 1.47. The molecule has 14 heavy (non-hydrogen) atoms. The van der Waals surface area contributed by atoms with Crippen LogP contribution in [0.4, 0.5) is 0 Å². The number of fused-ring (bicyclic) bond motifs is 1. The van der Waals surface area contributed by atoms with Crippen LogP contribution in [0.3, 0.4) is 0 Å². The zero-order chi connectivity index (χ0) is 9.97. The first-order valence-electron chi connectivity index (χ1n) is 4.81. The van der Waals surface area contributed by atoms with Crippen LogP contribution in [-0.2, 0) is 0 Å². The highest BCUT2D eigenvalue weighted by Crippen LogP contribution is 2.15. The van der Waals surface area contributed by atoms with Crippen LogP contribution in [0.15, 0.2) is 30.6 Å². The van der Waals surface area contributed by atoms with Crippen LogP contribution in [0.5, 0.6) is 0 Å². The van der Waals surface area contributed by atoms with Gasteiger partial charge in [0.05, 0.1) is 11.0 Å². The van der Waals surface area contributed by atoms with Crippen LogP contribution < -0.4 is 0 Å². The first-order valence-corrected chi connectivity index (χ1v) is 4.81. The molecule has 0 unspecified atom stereocenters. The second-order valence-corrected chi connectivity index (χ2v) is 3.72. The van der Waals surface area contributed by atoms with E-state index in [0.29, 0.717) is 5.92 Å². The maximum absolute atomic E-state index is 4.27. The smallest absolute Gasteiger partial charge is 0.0889 e. The van der Waals surface area contributed by atoms with Crippen LogP contribution >= 0.6 is 0 Å². The van der Waals surface area contributed by atoms with Crippen LogP contribution in [0.1, 0.15) is 19.4 Å². The molecule has 2 nitrogen and oxygen atoms in total. The first kappa shape index (κ1) is 9.13. The lowest BCUT2D eigenvalue weighted by Gasteiger charge is -2.04. The van der Waals surface area contributed by atoms with Crippen molar-refractivity contribution in [3.05, 3.63) is 42.6 Å². The maximum atomic E-state index is 4.27. The molecule has 0 spiro atoms. The van der Waals surface area contributed by atoms with Gasteiger partial charge in [0, 0.05) is 12.4 Å². The molecule has 1 aromatic carbocycles. The number of benzene rings is 1. The van der Waals surface area contributed by atoms with Gasteiger partial charge in [0.1, 0.15) is 0 Å². The van der Waals surface area contributed by atoms with Gasteiger partial charge in [-0.2, -0.15) is 0 Å². The van der Waals surface area contributed by atoms with Gasteiger partial charge in [-0.15, -0.1) is 0 Å². The molecule has 0 aliphatic rings. The molecule has 0 amide bonds. The lowest BCUT2D eigenvalue weighted by Crippen LogP contribution is -1.91. The quantitative estimate of drug-likeness (QED) is 0.719. The van der Waals surface area contributed by atoms with E-state index in [9.17, 15) is 0 Å². The fourth-order valence-corrected chi connectivity index (χ4v) is 1.47. The van der Waals surface area contributed by atoms with Crippen LogP contribution in [0, 0.1) is 12.3 Å². The molecule has 0 aliphatic heterocycles. The van der Waals surface area contributed by atoms with Crippen LogP contribution in [0.2, 0.25) is 0 Å². The van der Waals surface area contributed by atoms with Gasteiger partial charge in [-0.3, -0.25) is 9.97 Å². The topological polar surface area (TPSA) is 25.8 Å². The molecule has 1 radical (unpaired) electrons. The summed E-state index contributed by atoms with van der Waals surface area (Å²) in [6.07, 6.45) is 5.66. The van der Waals surface area contributed by atoms with Gasteiger partial charge in [-0.25, -0.2) is 0 Å². The molecule has 0 fully saturated rings. The molecule has 0 atom stereocenters. The van der Waals surface area contributed by atoms with Crippen molar-refractivity contribution in [2.45, 2.75) is 13.8 Å². The minimum Gasteiger partial charge on any atom is -0.253 e. The summed E-state index contributed by atoms with van der Waals surface area (Å²) in [5.74, 6) is 0.559. The van der Waals surface area contributed by atoms with Gasteiger partial charge in [0.2, 0.25) is 0 Å². The van der Waals surface area contributed by atoms with Gasteiger partial charge < -0.3 is 0 Å². The highest BCUT2D eigenvalue weighted by atomic mass is 14.8. The molecule has 2 aromatic rings. The van der Waals surface area contributed by atoms with Gasteiger partial charge in [-0.1, -0.05) is 19.9 Å². The summed E-state index contributed by atoms with van der Waals surface area (Å²) >= 11 is 0. The van der Waals surface area contributed by atoms with E-state index in [2.05, 4.69) is 42.4 Å². The van der Waals surface area contributed by atoms with E-state index in [1.54, 1.807) is 12.4 Å². The van der Waals surface area contributed by atoms with Crippen molar-refractivity contribution in [2.24, 2.45) is 5.92 Å². The number of hydrogen-bond donors (Lipinski definition) is 0. The van der Waals surface area contributed by atoms with Gasteiger partial charge in [-0.05, 0) is 30.0 Å². The predicted octanol–water partition coefficient (Wildman–Crippen LogP) is 2.84. The molecule has 1 heterocycles. The van der Waals surface area contributed by atoms with Crippen LogP contribution in [-0.4, -0.2) is 9.97 Å². The van der Waals surface area contributed by atoms with Gasteiger partial charge >= 0.3 is 0 Å². The molecule has 2 rings (SSSR count). The molecule has 0 saturated heterocycles. The Bertz CT molecular complexity index is 435. The average molecular weight is 185 g/mol. The fraction of sp³-hybridized carbons (Fsp3) is 0.250. The molecule has 2 heteroatoms. The molecule has 0 N–H and O–H groups in total. The Morgan fingerprint density at radius 1 is 1.07 bits per heavy atom. The lowest BCUT2D eigenvalue weighted by molar-refractivity contribution is 0.777. The Balaban J connectivity index is 2.41. The van der Waals surface area contributed by atoms with E-state index in [1.165, 1.54) is 5.56 Å². The van der Waals surface area contributed by atoms with E-state index in [1.807, 2.05) is 6.07 Å². The summed E-state index contributed by atoms with van der Waals surface area (Å²) in [4.78, 5) is 8.49. The summed E-state index contributed by atoms with van der Waals surface area (Å²) in [5.41, 5.74) is 3.13. The molecule has 1 aromatic heterocycles. The maximum Gasteiger partial charge on any atom is 0.0889 e. The van der Waals surface area contributed by atoms with Gasteiger partial charge in [0.25, 0.3) is 0 Å². The molecular formula is C12H13N2. The summed E-state index contributed by atoms with van der Waals surface area (Å²) in [5, 5.41) is 0. The summed E-state index contributed by atoms with van der Waals surface area (Å²) < 4.78 is 0. The Morgan fingerprint density at radius 2 is 1.79 bits per heavy atom. The third-order valence-electron chi connectivity index (χ3n) is 2.02. The predicted molar refractivity (Wildman–Crippen MR) is 57.8 cm³/mol. The third kappa shape index (κ3) is 1.90. The number of aromatic nitrogens is 2. The molecule has 0 bridgehead atoms. The lowest BCUT2D eigenvalue weighted by atomic mass is 10.0. The van der Waals surface area contributed by atoms with E-state index in [4.69, 9.17) is 0 Å². The zero-order valence-electron chi connectivity index (χ0n) is 8.44. The van der Waals surface area contributed by atoms with Crippen molar-refractivity contribution >= 4 is 11.0 Å². The molecule has 0 aliphatic carbocycles. The standard InChI is InChI=1S/C12H13N2/c1-9(2)7-10-3-4-11-12(8-10)14-6-5-13-11/h3-9H,1-2H3. The Hall–Kier alpha value is -1.44. The van der Waals surface area contributed by atoms with Crippen molar-refractivity contribution in [3.63, 3.8) is 0 Å². The molecule has 71 valence electrons. The van der Waals surface area contributed by atoms with Crippen molar-refractivity contribution in [1.82, 2.24) is 9.97 Å². The third-order valence-corrected chi connectivity index (χ3v) is 2.02. The molecule has 0 saturated carbocycles. The highest BCUT2D eigenvalue weighted by molar-refractivity contribution is 5.74. The summed E-state index contributed by atoms with van der Waals surface area (Å²) in [6.45, 7) is 4.34. The minimum atomic E-state index is 0.559. The minimum absolute atomic E-state index is 0.559. The first-order chi connectivity index (χ1) is 6.75. The molecular weight excluding hydrogens is 172 g/mol. The van der Waals surface area contributed by atoms with Gasteiger partial charge in [0.15, 0.2) is 0 Å². The van der Waals surface area contributed by atoms with Crippen LogP contribution in [0.25, 0.3) is 11.0 Å². The Kier molecular flexibility index (Phi) is 2.44. The Morgan fingerprint density at radius 3 is 2.50 bits per heavy atom. The van der Waals surface area contributed by atoms with Crippen molar-refractivity contribution in [3.8, 4) is 0 Å². The number of rotatable bonds is 2. The van der Waals surface area contributed by atoms with Crippen molar-refractivity contribution < 1.29 is 0 Å².